The molecule has 1 aliphatic heterocycles. The molecule has 0 spiro atoms. The van der Waals surface area contributed by atoms with E-state index in [4.69, 9.17) is 9.47 Å². The van der Waals surface area contributed by atoms with Crippen LogP contribution in [0.25, 0.3) is 0 Å². The smallest absolute Gasteiger partial charge is 0.0715 e. The molecule has 1 aliphatic rings. The second-order valence-electron chi connectivity index (χ2n) is 3.62. The third-order valence-electron chi connectivity index (χ3n) is 2.46. The summed E-state index contributed by atoms with van der Waals surface area (Å²) in [5, 5.41) is 3.47. The Labute approximate surface area is 80.8 Å². The number of nitrogens with one attached hydrogen (secondary N) is 1. The zero-order chi connectivity index (χ0) is 9.52. The molecule has 0 bridgehead atoms. The largest absolute Gasteiger partial charge is 0.382 e. The van der Waals surface area contributed by atoms with E-state index >= 15 is 0 Å². The zero-order valence-corrected chi connectivity index (χ0v) is 8.71. The van der Waals surface area contributed by atoms with Crippen LogP contribution in [0.3, 0.4) is 0 Å². The monoisotopic (exact) mass is 187 g/mol. The summed E-state index contributed by atoms with van der Waals surface area (Å²) < 4.78 is 10.6. The van der Waals surface area contributed by atoms with Crippen LogP contribution in [-0.2, 0) is 9.47 Å². The van der Waals surface area contributed by atoms with Gasteiger partial charge < -0.3 is 14.8 Å². The lowest BCUT2D eigenvalue weighted by atomic mass is 10.1. The van der Waals surface area contributed by atoms with Crippen molar-refractivity contribution >= 4 is 0 Å². The van der Waals surface area contributed by atoms with Crippen molar-refractivity contribution in [3.63, 3.8) is 0 Å². The van der Waals surface area contributed by atoms with E-state index < -0.39 is 0 Å². The summed E-state index contributed by atoms with van der Waals surface area (Å²) in [5.74, 6) is 0. The quantitative estimate of drug-likeness (QED) is 0.633. The zero-order valence-electron chi connectivity index (χ0n) is 8.71. The average Bonchev–Trinajstić information content (AvgIpc) is 2.54. The molecule has 2 atom stereocenters. The van der Waals surface area contributed by atoms with E-state index in [1.54, 1.807) is 7.11 Å². The molecule has 3 nitrogen and oxygen atoms in total. The summed E-state index contributed by atoms with van der Waals surface area (Å²) in [6.07, 6.45) is 4.09. The van der Waals surface area contributed by atoms with E-state index in [1.165, 1.54) is 12.8 Å². The summed E-state index contributed by atoms with van der Waals surface area (Å²) in [6, 6.07) is 0.678. The van der Waals surface area contributed by atoms with Gasteiger partial charge in [-0.2, -0.15) is 0 Å². The van der Waals surface area contributed by atoms with Crippen molar-refractivity contribution in [2.45, 2.75) is 38.3 Å². The molecule has 0 unspecified atom stereocenters. The molecule has 78 valence electrons. The molecular formula is C10H21NO2. The van der Waals surface area contributed by atoms with Crippen LogP contribution in [0.1, 0.15) is 26.2 Å². The predicted octanol–water partition coefficient (Wildman–Crippen LogP) is 1.18. The van der Waals surface area contributed by atoms with Crippen molar-refractivity contribution in [1.29, 1.82) is 0 Å². The molecule has 1 N–H and O–H groups in total. The van der Waals surface area contributed by atoms with Crippen molar-refractivity contribution in [3.05, 3.63) is 0 Å². The average molecular weight is 187 g/mol. The first kappa shape index (κ1) is 11.0. The highest BCUT2D eigenvalue weighted by atomic mass is 16.5. The van der Waals surface area contributed by atoms with Gasteiger partial charge in [-0.15, -0.1) is 0 Å². The Morgan fingerprint density at radius 1 is 1.38 bits per heavy atom. The minimum Gasteiger partial charge on any atom is -0.382 e. The van der Waals surface area contributed by atoms with Gasteiger partial charge in [0.1, 0.15) is 0 Å². The van der Waals surface area contributed by atoms with Crippen LogP contribution in [0.5, 0.6) is 0 Å². The topological polar surface area (TPSA) is 30.5 Å². The van der Waals surface area contributed by atoms with Crippen molar-refractivity contribution in [3.8, 4) is 0 Å². The molecule has 0 saturated carbocycles. The number of methoxy groups -OCH3 is 1. The van der Waals surface area contributed by atoms with Crippen molar-refractivity contribution in [2.24, 2.45) is 0 Å². The molecule has 13 heavy (non-hydrogen) atoms. The molecular weight excluding hydrogens is 166 g/mol. The van der Waals surface area contributed by atoms with Gasteiger partial charge in [0, 0.05) is 19.7 Å². The van der Waals surface area contributed by atoms with Gasteiger partial charge >= 0.3 is 0 Å². The molecule has 0 aromatic rings. The summed E-state index contributed by atoms with van der Waals surface area (Å²) in [5.41, 5.74) is 0. The molecule has 0 amide bonds. The summed E-state index contributed by atoms with van der Waals surface area (Å²) >= 11 is 0. The van der Waals surface area contributed by atoms with Gasteiger partial charge in [-0.3, -0.25) is 0 Å². The maximum absolute atomic E-state index is 5.63. The SMILES string of the molecule is CCC[C@H]1C[C@@H](OCCOC)CN1. The molecule has 0 radical (unpaired) electrons. The molecule has 0 aromatic carbocycles. The lowest BCUT2D eigenvalue weighted by Gasteiger charge is -2.10. The third kappa shape index (κ3) is 4.07. The molecule has 0 aromatic heterocycles. The predicted molar refractivity (Wildman–Crippen MR) is 52.9 cm³/mol. The van der Waals surface area contributed by atoms with Gasteiger partial charge in [0.05, 0.1) is 19.3 Å². The van der Waals surface area contributed by atoms with Crippen LogP contribution >= 0.6 is 0 Å². The Hall–Kier alpha value is -0.120. The van der Waals surface area contributed by atoms with E-state index in [0.29, 0.717) is 18.8 Å². The fraction of sp³-hybridized carbons (Fsp3) is 1.00. The fourth-order valence-electron chi connectivity index (χ4n) is 1.78. The maximum atomic E-state index is 5.63. The van der Waals surface area contributed by atoms with Crippen LogP contribution in [-0.4, -0.2) is 39.0 Å². The number of hydrogen-bond acceptors (Lipinski definition) is 3. The minimum absolute atomic E-state index is 0.409. The second-order valence-corrected chi connectivity index (χ2v) is 3.62. The van der Waals surface area contributed by atoms with Gasteiger partial charge in [0.15, 0.2) is 0 Å². The van der Waals surface area contributed by atoms with Crippen LogP contribution in [0, 0.1) is 0 Å². The summed E-state index contributed by atoms with van der Waals surface area (Å²) in [6.45, 7) is 4.66. The molecule has 1 heterocycles. The lowest BCUT2D eigenvalue weighted by molar-refractivity contribution is 0.0260. The normalized spacial score (nSPS) is 28.2. The van der Waals surface area contributed by atoms with Gasteiger partial charge in [0.25, 0.3) is 0 Å². The van der Waals surface area contributed by atoms with E-state index in [-0.39, 0.29) is 0 Å². The third-order valence-corrected chi connectivity index (χ3v) is 2.46. The Kier molecular flexibility index (Phi) is 5.35. The van der Waals surface area contributed by atoms with Crippen molar-refractivity contribution in [1.82, 2.24) is 5.32 Å². The highest BCUT2D eigenvalue weighted by Crippen LogP contribution is 2.14. The van der Waals surface area contributed by atoms with Gasteiger partial charge in [-0.1, -0.05) is 13.3 Å². The van der Waals surface area contributed by atoms with E-state index in [1.807, 2.05) is 0 Å². The molecule has 1 rings (SSSR count). The van der Waals surface area contributed by atoms with Crippen LogP contribution in [0.2, 0.25) is 0 Å². The summed E-state index contributed by atoms with van der Waals surface area (Å²) in [4.78, 5) is 0. The molecule has 1 saturated heterocycles. The van der Waals surface area contributed by atoms with E-state index in [2.05, 4.69) is 12.2 Å². The number of hydrogen-bond donors (Lipinski definition) is 1. The van der Waals surface area contributed by atoms with E-state index in [9.17, 15) is 0 Å². The first-order chi connectivity index (χ1) is 6.36. The second kappa shape index (κ2) is 6.35. The van der Waals surface area contributed by atoms with Gasteiger partial charge in [-0.05, 0) is 12.8 Å². The van der Waals surface area contributed by atoms with Crippen LogP contribution < -0.4 is 5.32 Å². The minimum atomic E-state index is 0.409. The van der Waals surface area contributed by atoms with Crippen molar-refractivity contribution in [2.75, 3.05) is 26.9 Å². The Balaban J connectivity index is 2.03. The first-order valence-corrected chi connectivity index (χ1v) is 5.20. The molecule has 1 fully saturated rings. The standard InChI is InChI=1S/C10H21NO2/c1-3-4-9-7-10(8-11-9)13-6-5-12-2/h9-11H,3-8H2,1-2H3/t9-,10+/m0/s1. The fourth-order valence-corrected chi connectivity index (χ4v) is 1.78. The molecule has 0 aliphatic carbocycles. The Bertz CT molecular complexity index is 130. The lowest BCUT2D eigenvalue weighted by Crippen LogP contribution is -2.21. The highest BCUT2D eigenvalue weighted by Gasteiger charge is 2.23. The summed E-state index contributed by atoms with van der Waals surface area (Å²) in [7, 11) is 1.70. The maximum Gasteiger partial charge on any atom is 0.0715 e. The van der Waals surface area contributed by atoms with E-state index in [0.717, 1.165) is 19.6 Å². The Morgan fingerprint density at radius 2 is 2.23 bits per heavy atom. The number of rotatable bonds is 6. The van der Waals surface area contributed by atoms with Crippen LogP contribution in [0.15, 0.2) is 0 Å². The van der Waals surface area contributed by atoms with Crippen molar-refractivity contribution < 1.29 is 9.47 Å². The number of ether oxygens (including phenoxy) is 2. The molecule has 3 heteroatoms. The van der Waals surface area contributed by atoms with Gasteiger partial charge in [0.2, 0.25) is 0 Å². The first-order valence-electron chi connectivity index (χ1n) is 5.20. The van der Waals surface area contributed by atoms with Crippen LogP contribution in [0.4, 0.5) is 0 Å². The van der Waals surface area contributed by atoms with Gasteiger partial charge in [-0.25, -0.2) is 0 Å². The highest BCUT2D eigenvalue weighted by molar-refractivity contribution is 4.81. The Morgan fingerprint density at radius 3 is 2.92 bits per heavy atom.